The van der Waals surface area contributed by atoms with Crippen molar-refractivity contribution in [3.05, 3.63) is 71.2 Å². The summed E-state index contributed by atoms with van der Waals surface area (Å²) in [5.74, 6) is -2.28. The van der Waals surface area contributed by atoms with Crippen molar-refractivity contribution >= 4 is 23.1 Å². The Morgan fingerprint density at radius 2 is 1.89 bits per heavy atom. The number of hydrogen-bond acceptors (Lipinski definition) is 5. The molecule has 0 spiro atoms. The highest BCUT2D eigenvalue weighted by atomic mass is 19.1. The van der Waals surface area contributed by atoms with Gasteiger partial charge in [0.2, 0.25) is 0 Å². The van der Waals surface area contributed by atoms with E-state index in [1.807, 2.05) is 31.2 Å². The maximum Gasteiger partial charge on any atom is 0.316 e. The number of esters is 1. The van der Waals surface area contributed by atoms with E-state index < -0.39 is 17.9 Å². The van der Waals surface area contributed by atoms with Crippen molar-refractivity contribution in [3.8, 4) is 0 Å². The standard InChI is InChI=1S/C22H21FN2O3/c1-12-10-17-19(21(26)18(12)22(27)28-2)20(13-6-5-7-14(23)11-13)25-16-9-4-3-8-15(16)24-17/h3-9,11-12,18,20,24-25H,10H2,1-2H3/t12-,18-,20+/m0/s1. The van der Waals surface area contributed by atoms with E-state index in [-0.39, 0.29) is 17.5 Å². The van der Waals surface area contributed by atoms with E-state index in [4.69, 9.17) is 4.74 Å². The van der Waals surface area contributed by atoms with Gasteiger partial charge in [0, 0.05) is 11.3 Å². The summed E-state index contributed by atoms with van der Waals surface area (Å²) in [4.78, 5) is 25.7. The largest absolute Gasteiger partial charge is 0.468 e. The third kappa shape index (κ3) is 3.05. The zero-order chi connectivity index (χ0) is 19.8. The number of nitrogens with one attached hydrogen (secondary N) is 2. The van der Waals surface area contributed by atoms with E-state index >= 15 is 0 Å². The summed E-state index contributed by atoms with van der Waals surface area (Å²) in [6.45, 7) is 1.87. The number of methoxy groups -OCH3 is 1. The van der Waals surface area contributed by atoms with E-state index in [9.17, 15) is 14.0 Å². The lowest BCUT2D eigenvalue weighted by Gasteiger charge is -2.32. The monoisotopic (exact) mass is 380 g/mol. The number of hydrogen-bond donors (Lipinski definition) is 2. The highest BCUT2D eigenvalue weighted by molar-refractivity contribution is 6.11. The van der Waals surface area contributed by atoms with Crippen LogP contribution in [0.3, 0.4) is 0 Å². The number of benzene rings is 2. The minimum atomic E-state index is -0.871. The topological polar surface area (TPSA) is 67.4 Å². The Kier molecular flexibility index (Phi) is 4.63. The molecule has 2 aromatic rings. The van der Waals surface area contributed by atoms with Crippen LogP contribution < -0.4 is 10.6 Å². The number of Topliss-reactive ketones (excluding diaryl/α,β-unsaturated/α-hetero) is 1. The smallest absolute Gasteiger partial charge is 0.316 e. The fraction of sp³-hybridized carbons (Fsp3) is 0.273. The second kappa shape index (κ2) is 7.11. The average Bonchev–Trinajstić information content (AvgIpc) is 2.84. The molecule has 0 amide bonds. The Morgan fingerprint density at radius 1 is 1.14 bits per heavy atom. The molecule has 6 heteroatoms. The van der Waals surface area contributed by atoms with E-state index in [1.165, 1.54) is 19.2 Å². The van der Waals surface area contributed by atoms with Gasteiger partial charge < -0.3 is 15.4 Å². The van der Waals surface area contributed by atoms with Crippen molar-refractivity contribution in [1.82, 2.24) is 0 Å². The van der Waals surface area contributed by atoms with Gasteiger partial charge in [-0.1, -0.05) is 31.2 Å². The summed E-state index contributed by atoms with van der Waals surface area (Å²) in [6.07, 6.45) is 0.517. The molecule has 0 saturated heterocycles. The highest BCUT2D eigenvalue weighted by Crippen LogP contribution is 2.43. The number of halogens is 1. The van der Waals surface area contributed by atoms with Gasteiger partial charge in [0.1, 0.15) is 11.7 Å². The molecule has 1 heterocycles. The van der Waals surface area contributed by atoms with Crippen LogP contribution >= 0.6 is 0 Å². The van der Waals surface area contributed by atoms with Crippen molar-refractivity contribution < 1.29 is 18.7 Å². The molecule has 0 aromatic heterocycles. The Balaban J connectivity index is 1.88. The highest BCUT2D eigenvalue weighted by Gasteiger charge is 2.44. The second-order valence-corrected chi connectivity index (χ2v) is 7.24. The van der Waals surface area contributed by atoms with Gasteiger partial charge in [-0.25, -0.2) is 4.39 Å². The molecule has 28 heavy (non-hydrogen) atoms. The van der Waals surface area contributed by atoms with Crippen molar-refractivity contribution in [2.24, 2.45) is 11.8 Å². The molecule has 0 radical (unpaired) electrons. The summed E-state index contributed by atoms with van der Waals surface area (Å²) in [6, 6.07) is 13.2. The molecular weight excluding hydrogens is 359 g/mol. The van der Waals surface area contributed by atoms with Crippen molar-refractivity contribution in [2.75, 3.05) is 17.7 Å². The summed E-state index contributed by atoms with van der Waals surface area (Å²) >= 11 is 0. The van der Waals surface area contributed by atoms with Crippen LogP contribution in [-0.2, 0) is 14.3 Å². The first-order chi connectivity index (χ1) is 13.5. The number of ether oxygens (including phenoxy) is 1. The molecular formula is C22H21FN2O3. The Morgan fingerprint density at radius 3 is 2.61 bits per heavy atom. The summed E-state index contributed by atoms with van der Waals surface area (Å²) < 4.78 is 18.8. The number of fused-ring (bicyclic) bond motifs is 1. The van der Waals surface area contributed by atoms with E-state index in [2.05, 4.69) is 10.6 Å². The van der Waals surface area contributed by atoms with Gasteiger partial charge in [-0.2, -0.15) is 0 Å². The van der Waals surface area contributed by atoms with E-state index in [1.54, 1.807) is 12.1 Å². The SMILES string of the molecule is COC(=O)[C@@H]1C(=O)C2=C(C[C@@H]1C)Nc1ccccc1N[C@@H]2c1cccc(F)c1. The van der Waals surface area contributed by atoms with E-state index in [0.717, 1.165) is 17.1 Å². The molecule has 4 rings (SSSR count). The molecule has 144 valence electrons. The van der Waals surface area contributed by atoms with Crippen LogP contribution in [0.5, 0.6) is 0 Å². The third-order valence-electron chi connectivity index (χ3n) is 5.41. The van der Waals surface area contributed by atoms with Crippen LogP contribution in [0.25, 0.3) is 0 Å². The molecule has 0 fully saturated rings. The summed E-state index contributed by atoms with van der Waals surface area (Å²) in [5.41, 5.74) is 3.48. The number of carbonyl (C=O) groups is 2. The fourth-order valence-electron chi connectivity index (χ4n) is 4.07. The van der Waals surface area contributed by atoms with Gasteiger partial charge in [-0.3, -0.25) is 9.59 Å². The number of rotatable bonds is 2. The average molecular weight is 380 g/mol. The normalized spacial score (nSPS) is 23.7. The Hall–Kier alpha value is -3.15. The maximum absolute atomic E-state index is 13.9. The first-order valence-corrected chi connectivity index (χ1v) is 9.22. The summed E-state index contributed by atoms with van der Waals surface area (Å²) in [7, 11) is 1.29. The van der Waals surface area contributed by atoms with Gasteiger partial charge >= 0.3 is 5.97 Å². The predicted molar refractivity (Wildman–Crippen MR) is 104 cm³/mol. The molecule has 0 saturated carbocycles. The van der Waals surface area contributed by atoms with Crippen molar-refractivity contribution in [2.45, 2.75) is 19.4 Å². The molecule has 2 aromatic carbocycles. The van der Waals surface area contributed by atoms with Gasteiger partial charge in [-0.15, -0.1) is 0 Å². The Labute approximate surface area is 162 Å². The zero-order valence-electron chi connectivity index (χ0n) is 15.7. The zero-order valence-corrected chi connectivity index (χ0v) is 15.7. The van der Waals surface area contributed by atoms with Crippen molar-refractivity contribution in [1.29, 1.82) is 0 Å². The number of allylic oxidation sites excluding steroid dienone is 1. The van der Waals surface area contributed by atoms with Crippen LogP contribution in [0.15, 0.2) is 59.8 Å². The number of ketones is 1. The van der Waals surface area contributed by atoms with Gasteiger partial charge in [0.15, 0.2) is 5.78 Å². The second-order valence-electron chi connectivity index (χ2n) is 7.24. The van der Waals surface area contributed by atoms with Crippen LogP contribution in [0.2, 0.25) is 0 Å². The quantitative estimate of drug-likeness (QED) is 0.608. The van der Waals surface area contributed by atoms with Crippen LogP contribution in [0.1, 0.15) is 24.9 Å². The maximum atomic E-state index is 13.9. The first-order valence-electron chi connectivity index (χ1n) is 9.22. The van der Waals surface area contributed by atoms with Gasteiger partial charge in [0.05, 0.1) is 24.5 Å². The van der Waals surface area contributed by atoms with Gasteiger partial charge in [0.25, 0.3) is 0 Å². The molecule has 2 aliphatic rings. The van der Waals surface area contributed by atoms with Crippen LogP contribution in [0, 0.1) is 17.7 Å². The first kappa shape index (κ1) is 18.2. The fourth-order valence-corrected chi connectivity index (χ4v) is 4.07. The molecule has 2 N–H and O–H groups in total. The molecule has 0 bridgehead atoms. The van der Waals surface area contributed by atoms with E-state index in [0.29, 0.717) is 17.6 Å². The Bertz CT molecular complexity index is 985. The molecule has 5 nitrogen and oxygen atoms in total. The van der Waals surface area contributed by atoms with Crippen LogP contribution in [0.4, 0.5) is 15.8 Å². The molecule has 1 aliphatic heterocycles. The number of carbonyl (C=O) groups excluding carboxylic acids is 2. The molecule has 1 aliphatic carbocycles. The number of anilines is 2. The molecule has 0 unspecified atom stereocenters. The lowest BCUT2D eigenvalue weighted by molar-refractivity contribution is -0.151. The van der Waals surface area contributed by atoms with Gasteiger partial charge in [-0.05, 0) is 42.2 Å². The summed E-state index contributed by atoms with van der Waals surface area (Å²) in [5, 5.41) is 6.73. The minimum Gasteiger partial charge on any atom is -0.468 e. The van der Waals surface area contributed by atoms with Crippen molar-refractivity contribution in [3.63, 3.8) is 0 Å². The van der Waals surface area contributed by atoms with Crippen LogP contribution in [-0.4, -0.2) is 18.9 Å². The number of para-hydroxylation sites is 2. The minimum absolute atomic E-state index is 0.204. The lowest BCUT2D eigenvalue weighted by Crippen LogP contribution is -2.39. The molecule has 3 atom stereocenters. The third-order valence-corrected chi connectivity index (χ3v) is 5.41. The lowest BCUT2D eigenvalue weighted by atomic mass is 9.75. The predicted octanol–water partition coefficient (Wildman–Crippen LogP) is 4.06.